The van der Waals surface area contributed by atoms with Gasteiger partial charge < -0.3 is 11.1 Å². The van der Waals surface area contributed by atoms with Crippen LogP contribution in [0.5, 0.6) is 0 Å². The van der Waals surface area contributed by atoms with Gasteiger partial charge in [0.15, 0.2) is 0 Å². The highest BCUT2D eigenvalue weighted by Crippen LogP contribution is 2.01. The van der Waals surface area contributed by atoms with Crippen LogP contribution in [0.15, 0.2) is 0 Å². The number of nitrogens with two attached hydrogens (primary N) is 1. The molecule has 0 aliphatic carbocycles. The summed E-state index contributed by atoms with van der Waals surface area (Å²) in [5, 5.41) is 11.4. The molecular formula is C8H15N3O. The second-order valence-corrected chi connectivity index (χ2v) is 3.40. The van der Waals surface area contributed by atoms with Crippen LogP contribution < -0.4 is 11.1 Å². The highest BCUT2D eigenvalue weighted by molar-refractivity contribution is 5.83. The number of amides is 1. The summed E-state index contributed by atoms with van der Waals surface area (Å²) < 4.78 is 0. The van der Waals surface area contributed by atoms with Crippen LogP contribution in [-0.4, -0.2) is 18.0 Å². The molecule has 4 heteroatoms. The van der Waals surface area contributed by atoms with Gasteiger partial charge in [-0.3, -0.25) is 4.79 Å². The Labute approximate surface area is 72.7 Å². The van der Waals surface area contributed by atoms with Crippen molar-refractivity contribution in [2.24, 2.45) is 11.7 Å². The molecule has 1 atom stereocenters. The van der Waals surface area contributed by atoms with Gasteiger partial charge in [0.25, 0.3) is 0 Å². The van der Waals surface area contributed by atoms with Crippen molar-refractivity contribution in [2.75, 3.05) is 6.54 Å². The number of hydrogen-bond donors (Lipinski definition) is 2. The van der Waals surface area contributed by atoms with Crippen LogP contribution in [0.2, 0.25) is 0 Å². The predicted octanol–water partition coefficient (Wildman–Crippen LogP) is -0.000420. The molecule has 0 saturated carbocycles. The Morgan fingerprint density at radius 3 is 2.58 bits per heavy atom. The third kappa shape index (κ3) is 3.35. The number of hydrogen-bond acceptors (Lipinski definition) is 3. The Morgan fingerprint density at radius 1 is 1.75 bits per heavy atom. The molecule has 0 aromatic carbocycles. The summed E-state index contributed by atoms with van der Waals surface area (Å²) in [5.41, 5.74) is 4.38. The lowest BCUT2D eigenvalue weighted by molar-refractivity contribution is -0.123. The monoisotopic (exact) mass is 169 g/mol. The van der Waals surface area contributed by atoms with Gasteiger partial charge in [-0.2, -0.15) is 5.26 Å². The Kier molecular flexibility index (Phi) is 3.71. The number of rotatable bonds is 4. The molecule has 1 amide bonds. The smallest absolute Gasteiger partial charge is 0.237 e. The lowest BCUT2D eigenvalue weighted by Crippen LogP contribution is -2.51. The van der Waals surface area contributed by atoms with E-state index in [9.17, 15) is 4.79 Å². The molecule has 0 aliphatic rings. The highest BCUT2D eigenvalue weighted by atomic mass is 16.1. The number of nitriles is 1. The first-order chi connectivity index (χ1) is 5.40. The molecular weight excluding hydrogens is 154 g/mol. The largest absolute Gasteiger partial charge is 0.368 e. The van der Waals surface area contributed by atoms with E-state index in [0.29, 0.717) is 6.54 Å². The molecule has 0 spiro atoms. The van der Waals surface area contributed by atoms with E-state index in [4.69, 9.17) is 11.0 Å². The average Bonchev–Trinajstić information content (AvgIpc) is 2.00. The van der Waals surface area contributed by atoms with Gasteiger partial charge in [-0.15, -0.1) is 0 Å². The van der Waals surface area contributed by atoms with Gasteiger partial charge in [0.1, 0.15) is 0 Å². The molecule has 0 bridgehead atoms. The maximum Gasteiger partial charge on any atom is 0.237 e. The summed E-state index contributed by atoms with van der Waals surface area (Å²) in [6, 6.07) is 2.06. The van der Waals surface area contributed by atoms with E-state index in [1.54, 1.807) is 20.8 Å². The van der Waals surface area contributed by atoms with Crippen molar-refractivity contribution >= 4 is 5.91 Å². The zero-order valence-electron chi connectivity index (χ0n) is 7.72. The minimum absolute atomic E-state index is 0.108. The van der Waals surface area contributed by atoms with Crippen molar-refractivity contribution in [3.05, 3.63) is 0 Å². The molecule has 68 valence electrons. The van der Waals surface area contributed by atoms with Gasteiger partial charge in [0.05, 0.1) is 17.5 Å². The van der Waals surface area contributed by atoms with Crippen LogP contribution in [0.1, 0.15) is 20.8 Å². The van der Waals surface area contributed by atoms with E-state index in [0.717, 1.165) is 0 Å². The molecule has 12 heavy (non-hydrogen) atoms. The first kappa shape index (κ1) is 10.9. The SMILES string of the molecule is CC(C#N)CNC(C)(C)C(N)=O. The number of carbonyl (C=O) groups is 1. The molecule has 3 N–H and O–H groups in total. The van der Waals surface area contributed by atoms with E-state index in [1.807, 2.05) is 0 Å². The minimum atomic E-state index is -0.731. The fourth-order valence-corrected chi connectivity index (χ4v) is 0.541. The number of carbonyl (C=O) groups excluding carboxylic acids is 1. The second kappa shape index (κ2) is 4.07. The Balaban J connectivity index is 3.94. The van der Waals surface area contributed by atoms with E-state index in [2.05, 4.69) is 11.4 Å². The van der Waals surface area contributed by atoms with Crippen molar-refractivity contribution < 1.29 is 4.79 Å². The molecule has 4 nitrogen and oxygen atoms in total. The molecule has 0 radical (unpaired) electrons. The average molecular weight is 169 g/mol. The van der Waals surface area contributed by atoms with Crippen LogP contribution in [0.25, 0.3) is 0 Å². The summed E-state index contributed by atoms with van der Waals surface area (Å²) in [7, 11) is 0. The van der Waals surface area contributed by atoms with Crippen LogP contribution in [-0.2, 0) is 4.79 Å². The van der Waals surface area contributed by atoms with Crippen molar-refractivity contribution in [2.45, 2.75) is 26.3 Å². The molecule has 0 saturated heterocycles. The maximum absolute atomic E-state index is 10.8. The maximum atomic E-state index is 10.8. The summed E-state index contributed by atoms with van der Waals surface area (Å²) in [4.78, 5) is 10.8. The van der Waals surface area contributed by atoms with Crippen LogP contribution >= 0.6 is 0 Å². The molecule has 0 heterocycles. The Morgan fingerprint density at radius 2 is 2.25 bits per heavy atom. The van der Waals surface area contributed by atoms with Crippen molar-refractivity contribution in [1.82, 2.24) is 5.32 Å². The normalized spacial score (nSPS) is 13.5. The van der Waals surface area contributed by atoms with Gasteiger partial charge in [-0.1, -0.05) is 0 Å². The number of nitrogens with zero attached hydrogens (tertiary/aromatic N) is 1. The quantitative estimate of drug-likeness (QED) is 0.621. The zero-order valence-corrected chi connectivity index (χ0v) is 7.72. The first-order valence-electron chi connectivity index (χ1n) is 3.84. The third-order valence-electron chi connectivity index (χ3n) is 1.69. The summed E-state index contributed by atoms with van der Waals surface area (Å²) >= 11 is 0. The van der Waals surface area contributed by atoms with Crippen molar-refractivity contribution in [3.8, 4) is 6.07 Å². The zero-order chi connectivity index (χ0) is 9.78. The standard InChI is InChI=1S/C8H15N3O/c1-6(4-9)5-11-8(2,3)7(10)12/h6,11H,5H2,1-3H3,(H2,10,12). The number of primary amides is 1. The summed E-state index contributed by atoms with van der Waals surface area (Å²) in [6.07, 6.45) is 0. The lowest BCUT2D eigenvalue weighted by Gasteiger charge is -2.22. The molecule has 1 unspecified atom stereocenters. The van der Waals surface area contributed by atoms with E-state index in [-0.39, 0.29) is 5.92 Å². The molecule has 0 aliphatic heterocycles. The fourth-order valence-electron chi connectivity index (χ4n) is 0.541. The summed E-state index contributed by atoms with van der Waals surface area (Å²) in [5.74, 6) is -0.517. The second-order valence-electron chi connectivity index (χ2n) is 3.40. The van der Waals surface area contributed by atoms with E-state index < -0.39 is 11.4 Å². The van der Waals surface area contributed by atoms with Gasteiger partial charge >= 0.3 is 0 Å². The third-order valence-corrected chi connectivity index (χ3v) is 1.69. The van der Waals surface area contributed by atoms with Crippen LogP contribution in [0.4, 0.5) is 0 Å². The van der Waals surface area contributed by atoms with E-state index >= 15 is 0 Å². The van der Waals surface area contributed by atoms with Crippen molar-refractivity contribution in [3.63, 3.8) is 0 Å². The molecule has 0 aromatic rings. The van der Waals surface area contributed by atoms with E-state index in [1.165, 1.54) is 0 Å². The predicted molar refractivity (Wildman–Crippen MR) is 46.1 cm³/mol. The summed E-state index contributed by atoms with van der Waals surface area (Å²) in [6.45, 7) is 5.65. The van der Waals surface area contributed by atoms with Crippen LogP contribution in [0.3, 0.4) is 0 Å². The number of nitrogens with one attached hydrogen (secondary N) is 1. The molecule has 0 rings (SSSR count). The fraction of sp³-hybridized carbons (Fsp3) is 0.750. The van der Waals surface area contributed by atoms with Gasteiger partial charge in [-0.05, 0) is 20.8 Å². The Bertz CT molecular complexity index is 205. The Hall–Kier alpha value is -1.08. The van der Waals surface area contributed by atoms with Gasteiger partial charge in [0.2, 0.25) is 5.91 Å². The first-order valence-corrected chi connectivity index (χ1v) is 3.84. The molecule has 0 fully saturated rings. The minimum Gasteiger partial charge on any atom is -0.368 e. The lowest BCUT2D eigenvalue weighted by atomic mass is 10.0. The topological polar surface area (TPSA) is 78.9 Å². The van der Waals surface area contributed by atoms with Crippen LogP contribution in [0, 0.1) is 17.2 Å². The van der Waals surface area contributed by atoms with Crippen molar-refractivity contribution in [1.29, 1.82) is 5.26 Å². The highest BCUT2D eigenvalue weighted by Gasteiger charge is 2.24. The van der Waals surface area contributed by atoms with Gasteiger partial charge in [0, 0.05) is 6.54 Å². The molecule has 0 aromatic heterocycles. The van der Waals surface area contributed by atoms with Gasteiger partial charge in [-0.25, -0.2) is 0 Å².